The van der Waals surface area contributed by atoms with Gasteiger partial charge in [-0.2, -0.15) is 0 Å². The van der Waals surface area contributed by atoms with Gasteiger partial charge in [0.15, 0.2) is 0 Å². The summed E-state index contributed by atoms with van der Waals surface area (Å²) in [6.45, 7) is 1.41. The standard InChI is InChI=1S/C20H21ClN2O4S/c21-17-8-7-15(20(24)23-10-9-14-4-1-2-6-18(14)23)12-19(17)28(25,26)22-13-16-5-3-11-27-16/h1-2,4,6-8,12,16,22H,3,5,9-11,13H2. The average Bonchev–Trinajstić information content (AvgIpc) is 3.36. The largest absolute Gasteiger partial charge is 0.377 e. The highest BCUT2D eigenvalue weighted by Crippen LogP contribution is 2.30. The van der Waals surface area contributed by atoms with Crippen LogP contribution in [0.3, 0.4) is 0 Å². The Balaban J connectivity index is 1.57. The van der Waals surface area contributed by atoms with Crippen LogP contribution >= 0.6 is 11.6 Å². The van der Waals surface area contributed by atoms with Crippen molar-refractivity contribution in [2.45, 2.75) is 30.3 Å². The minimum absolute atomic E-state index is 0.0817. The van der Waals surface area contributed by atoms with E-state index in [1.54, 1.807) is 11.0 Å². The molecule has 0 aliphatic carbocycles. The van der Waals surface area contributed by atoms with Gasteiger partial charge in [-0.1, -0.05) is 29.8 Å². The molecule has 1 atom stereocenters. The quantitative estimate of drug-likeness (QED) is 0.806. The Labute approximate surface area is 169 Å². The first-order valence-corrected chi connectivity index (χ1v) is 11.1. The number of halogens is 1. The van der Waals surface area contributed by atoms with Crippen LogP contribution in [0.5, 0.6) is 0 Å². The molecule has 1 N–H and O–H groups in total. The summed E-state index contributed by atoms with van der Waals surface area (Å²) in [5.41, 5.74) is 2.26. The molecule has 1 saturated heterocycles. The molecule has 0 saturated carbocycles. The Morgan fingerprint density at radius 1 is 1.25 bits per heavy atom. The van der Waals surface area contributed by atoms with Gasteiger partial charge in [0.25, 0.3) is 5.91 Å². The zero-order chi connectivity index (χ0) is 19.7. The van der Waals surface area contributed by atoms with Gasteiger partial charge < -0.3 is 9.64 Å². The SMILES string of the molecule is O=C(c1ccc(Cl)c(S(=O)(=O)NCC2CCCO2)c1)N1CCc2ccccc21. The van der Waals surface area contributed by atoms with Crippen molar-refractivity contribution >= 4 is 33.2 Å². The summed E-state index contributed by atoms with van der Waals surface area (Å²) in [6.07, 6.45) is 2.40. The predicted octanol–water partition coefficient (Wildman–Crippen LogP) is 3.00. The first-order valence-electron chi connectivity index (χ1n) is 9.26. The number of hydrogen-bond donors (Lipinski definition) is 1. The molecule has 0 spiro atoms. The van der Waals surface area contributed by atoms with Crippen molar-refractivity contribution in [1.82, 2.24) is 4.72 Å². The van der Waals surface area contributed by atoms with Crippen molar-refractivity contribution in [3.8, 4) is 0 Å². The normalized spacial score (nSPS) is 19.0. The molecule has 2 aromatic rings. The number of nitrogens with zero attached hydrogens (tertiary/aromatic N) is 1. The first kappa shape index (κ1) is 19.4. The molecule has 1 amide bonds. The number of sulfonamides is 1. The van der Waals surface area contributed by atoms with E-state index in [-0.39, 0.29) is 28.5 Å². The number of para-hydroxylation sites is 1. The van der Waals surface area contributed by atoms with E-state index in [9.17, 15) is 13.2 Å². The summed E-state index contributed by atoms with van der Waals surface area (Å²) in [5.74, 6) is -0.239. The van der Waals surface area contributed by atoms with Crippen molar-refractivity contribution in [1.29, 1.82) is 0 Å². The number of nitrogens with one attached hydrogen (secondary N) is 1. The van der Waals surface area contributed by atoms with E-state index in [4.69, 9.17) is 16.3 Å². The molecule has 6 nitrogen and oxygen atoms in total. The van der Waals surface area contributed by atoms with E-state index in [0.29, 0.717) is 18.7 Å². The van der Waals surface area contributed by atoms with Crippen LogP contribution in [0.15, 0.2) is 47.4 Å². The first-order chi connectivity index (χ1) is 13.5. The Morgan fingerprint density at radius 2 is 2.07 bits per heavy atom. The number of ether oxygens (including phenoxy) is 1. The van der Waals surface area contributed by atoms with Crippen molar-refractivity contribution in [3.63, 3.8) is 0 Å². The van der Waals surface area contributed by atoms with E-state index in [1.165, 1.54) is 12.1 Å². The zero-order valence-corrected chi connectivity index (χ0v) is 16.8. The average molecular weight is 421 g/mol. The molecule has 2 aliphatic rings. The van der Waals surface area contributed by atoms with E-state index in [2.05, 4.69) is 4.72 Å². The highest BCUT2D eigenvalue weighted by Gasteiger charge is 2.28. The van der Waals surface area contributed by atoms with Gasteiger partial charge in [0.1, 0.15) is 4.90 Å². The highest BCUT2D eigenvalue weighted by atomic mass is 35.5. The molecular formula is C20H21ClN2O4S. The molecule has 8 heteroatoms. The van der Waals surface area contributed by atoms with Crippen LogP contribution in [0.25, 0.3) is 0 Å². The number of benzene rings is 2. The second-order valence-electron chi connectivity index (χ2n) is 6.97. The summed E-state index contributed by atoms with van der Waals surface area (Å²) in [4.78, 5) is 14.6. The maximum absolute atomic E-state index is 13.0. The van der Waals surface area contributed by atoms with Gasteiger partial charge in [0.2, 0.25) is 10.0 Å². The molecule has 2 heterocycles. The number of carbonyl (C=O) groups excluding carboxylic acids is 1. The minimum atomic E-state index is -3.85. The van der Waals surface area contributed by atoms with E-state index < -0.39 is 10.0 Å². The molecule has 1 fully saturated rings. The minimum Gasteiger partial charge on any atom is -0.377 e. The summed E-state index contributed by atoms with van der Waals surface area (Å²) in [5, 5.41) is 0.0817. The molecule has 0 radical (unpaired) electrons. The topological polar surface area (TPSA) is 75.7 Å². The lowest BCUT2D eigenvalue weighted by atomic mass is 10.1. The molecule has 4 rings (SSSR count). The summed E-state index contributed by atoms with van der Waals surface area (Å²) < 4.78 is 33.5. The molecule has 28 heavy (non-hydrogen) atoms. The van der Waals surface area contributed by atoms with Gasteiger partial charge in [-0.3, -0.25) is 4.79 Å². The highest BCUT2D eigenvalue weighted by molar-refractivity contribution is 7.89. The van der Waals surface area contributed by atoms with Crippen LogP contribution in [0.1, 0.15) is 28.8 Å². The maximum Gasteiger partial charge on any atom is 0.258 e. The Kier molecular flexibility index (Phi) is 5.42. The van der Waals surface area contributed by atoms with Crippen molar-refractivity contribution in [3.05, 3.63) is 58.6 Å². The molecule has 2 aromatic carbocycles. The van der Waals surface area contributed by atoms with Gasteiger partial charge >= 0.3 is 0 Å². The fourth-order valence-corrected chi connectivity index (χ4v) is 5.22. The maximum atomic E-state index is 13.0. The molecule has 1 unspecified atom stereocenters. The second kappa shape index (κ2) is 7.83. The van der Waals surface area contributed by atoms with Crippen molar-refractivity contribution in [2.75, 3.05) is 24.6 Å². The molecule has 0 aromatic heterocycles. The van der Waals surface area contributed by atoms with Gasteiger partial charge in [-0.05, 0) is 49.1 Å². The number of carbonyl (C=O) groups is 1. The van der Waals surface area contributed by atoms with Gasteiger partial charge in [0.05, 0.1) is 11.1 Å². The molecule has 0 bridgehead atoms. The third-order valence-electron chi connectivity index (χ3n) is 5.12. The third kappa shape index (κ3) is 3.80. The summed E-state index contributed by atoms with van der Waals surface area (Å²) in [6, 6.07) is 12.1. The van der Waals surface area contributed by atoms with Crippen molar-refractivity contribution < 1.29 is 17.9 Å². The molecule has 148 valence electrons. The molecule has 2 aliphatic heterocycles. The summed E-state index contributed by atoms with van der Waals surface area (Å²) >= 11 is 6.15. The van der Waals surface area contributed by atoms with Crippen LogP contribution in [0, 0.1) is 0 Å². The van der Waals surface area contributed by atoms with E-state index in [1.807, 2.05) is 24.3 Å². The Bertz CT molecular complexity index is 1000. The fraction of sp³-hybridized carbons (Fsp3) is 0.350. The van der Waals surface area contributed by atoms with Crippen LogP contribution in [-0.4, -0.2) is 40.1 Å². The van der Waals surface area contributed by atoms with Crippen LogP contribution in [0.2, 0.25) is 5.02 Å². The number of fused-ring (bicyclic) bond motifs is 1. The van der Waals surface area contributed by atoms with Gasteiger partial charge in [0, 0.05) is 30.9 Å². The van der Waals surface area contributed by atoms with Crippen LogP contribution in [-0.2, 0) is 21.2 Å². The van der Waals surface area contributed by atoms with E-state index >= 15 is 0 Å². The zero-order valence-electron chi connectivity index (χ0n) is 15.2. The van der Waals surface area contributed by atoms with Crippen LogP contribution < -0.4 is 9.62 Å². The van der Waals surface area contributed by atoms with Crippen molar-refractivity contribution in [2.24, 2.45) is 0 Å². The number of hydrogen-bond acceptors (Lipinski definition) is 4. The molecular weight excluding hydrogens is 400 g/mol. The second-order valence-corrected chi connectivity index (χ2v) is 9.11. The van der Waals surface area contributed by atoms with E-state index in [0.717, 1.165) is 30.5 Å². The number of amides is 1. The lowest BCUT2D eigenvalue weighted by Gasteiger charge is -2.18. The fourth-order valence-electron chi connectivity index (χ4n) is 3.63. The Hall–Kier alpha value is -1.93. The monoisotopic (exact) mass is 420 g/mol. The number of anilines is 1. The third-order valence-corrected chi connectivity index (χ3v) is 7.03. The van der Waals surface area contributed by atoms with Gasteiger partial charge in [-0.15, -0.1) is 0 Å². The van der Waals surface area contributed by atoms with Crippen LogP contribution in [0.4, 0.5) is 5.69 Å². The lowest BCUT2D eigenvalue weighted by Crippen LogP contribution is -2.32. The van der Waals surface area contributed by atoms with Gasteiger partial charge in [-0.25, -0.2) is 13.1 Å². The predicted molar refractivity (Wildman–Crippen MR) is 107 cm³/mol. The summed E-state index contributed by atoms with van der Waals surface area (Å²) in [7, 11) is -3.85. The smallest absolute Gasteiger partial charge is 0.258 e. The Morgan fingerprint density at radius 3 is 2.86 bits per heavy atom. The lowest BCUT2D eigenvalue weighted by molar-refractivity contribution is 0.0989. The number of rotatable bonds is 5.